The number of fused-ring (bicyclic) bond motifs is 1. The molecule has 3 nitrogen and oxygen atoms in total. The normalized spacial score (nSPS) is 15.4. The number of hydrogen-bond acceptors (Lipinski definition) is 3. The molecule has 1 heterocycles. The van der Waals surface area contributed by atoms with Crippen molar-refractivity contribution in [1.82, 2.24) is 9.97 Å². The van der Waals surface area contributed by atoms with E-state index in [4.69, 9.17) is 11.6 Å². The van der Waals surface area contributed by atoms with Crippen molar-refractivity contribution in [1.29, 1.82) is 0 Å². The van der Waals surface area contributed by atoms with Crippen LogP contribution < -0.4 is 5.32 Å². The molecule has 0 bridgehead atoms. The first-order chi connectivity index (χ1) is 7.72. The lowest BCUT2D eigenvalue weighted by Gasteiger charge is -2.08. The Kier molecular flexibility index (Phi) is 2.21. The average Bonchev–Trinajstić information content (AvgIpc) is 3.03. The van der Waals surface area contributed by atoms with Gasteiger partial charge in [0.25, 0.3) is 0 Å². The maximum atomic E-state index is 5.91. The van der Waals surface area contributed by atoms with Gasteiger partial charge in [0.2, 0.25) is 5.28 Å². The molecule has 3 rings (SSSR count). The van der Waals surface area contributed by atoms with E-state index < -0.39 is 0 Å². The molecule has 1 aliphatic carbocycles. The Hall–Kier alpha value is -1.35. The van der Waals surface area contributed by atoms with E-state index in [1.165, 1.54) is 18.4 Å². The maximum absolute atomic E-state index is 5.91. The Balaban J connectivity index is 2.18. The number of benzene rings is 1. The van der Waals surface area contributed by atoms with Gasteiger partial charge < -0.3 is 5.32 Å². The predicted octanol–water partition coefficient (Wildman–Crippen LogP) is 3.17. The van der Waals surface area contributed by atoms with Crippen LogP contribution in [0.3, 0.4) is 0 Å². The Labute approximate surface area is 98.9 Å². The fourth-order valence-electron chi connectivity index (χ4n) is 1.74. The summed E-state index contributed by atoms with van der Waals surface area (Å²) < 4.78 is 0. The number of nitrogens with zero attached hydrogens (tertiary/aromatic N) is 2. The topological polar surface area (TPSA) is 37.8 Å². The summed E-state index contributed by atoms with van der Waals surface area (Å²) >= 11 is 5.91. The summed E-state index contributed by atoms with van der Waals surface area (Å²) in [5.41, 5.74) is 2.10. The predicted molar refractivity (Wildman–Crippen MR) is 65.9 cm³/mol. The molecule has 0 saturated heterocycles. The molecular formula is C12H12ClN3. The monoisotopic (exact) mass is 233 g/mol. The highest BCUT2D eigenvalue weighted by Gasteiger charge is 2.22. The molecule has 0 radical (unpaired) electrons. The second-order valence-electron chi connectivity index (χ2n) is 4.28. The second kappa shape index (κ2) is 3.59. The molecule has 0 unspecified atom stereocenters. The minimum Gasteiger partial charge on any atom is -0.367 e. The molecule has 1 N–H and O–H groups in total. The largest absolute Gasteiger partial charge is 0.367 e. The van der Waals surface area contributed by atoms with Crippen LogP contribution in [-0.4, -0.2) is 16.0 Å². The molecule has 0 atom stereocenters. The Bertz CT molecular complexity index is 549. The zero-order chi connectivity index (χ0) is 11.1. The van der Waals surface area contributed by atoms with Crippen molar-refractivity contribution in [3.8, 4) is 0 Å². The number of halogens is 1. The van der Waals surface area contributed by atoms with E-state index >= 15 is 0 Å². The van der Waals surface area contributed by atoms with Crippen molar-refractivity contribution in [3.05, 3.63) is 29.0 Å². The van der Waals surface area contributed by atoms with E-state index in [0.717, 1.165) is 16.7 Å². The summed E-state index contributed by atoms with van der Waals surface area (Å²) in [5.74, 6) is 0.862. The van der Waals surface area contributed by atoms with E-state index in [9.17, 15) is 0 Å². The Morgan fingerprint density at radius 3 is 2.88 bits per heavy atom. The molecular weight excluding hydrogens is 222 g/mol. The van der Waals surface area contributed by atoms with E-state index in [-0.39, 0.29) is 0 Å². The lowest BCUT2D eigenvalue weighted by Crippen LogP contribution is -2.04. The SMILES string of the molecule is Cc1ccc2nc(Cl)nc(NC3CC3)c2c1. The summed E-state index contributed by atoms with van der Waals surface area (Å²) in [6.07, 6.45) is 2.43. The molecule has 4 heteroatoms. The molecule has 0 amide bonds. The number of rotatable bonds is 2. The van der Waals surface area contributed by atoms with Crippen molar-refractivity contribution in [3.63, 3.8) is 0 Å². The highest BCUT2D eigenvalue weighted by molar-refractivity contribution is 6.28. The molecule has 1 saturated carbocycles. The molecule has 0 spiro atoms. The summed E-state index contributed by atoms with van der Waals surface area (Å²) in [4.78, 5) is 8.49. The lowest BCUT2D eigenvalue weighted by atomic mass is 10.1. The molecule has 1 fully saturated rings. The number of anilines is 1. The average molecular weight is 234 g/mol. The van der Waals surface area contributed by atoms with Crippen LogP contribution >= 0.6 is 11.6 Å². The summed E-state index contributed by atoms with van der Waals surface area (Å²) in [5, 5.41) is 4.75. The minimum atomic E-state index is 0.305. The van der Waals surface area contributed by atoms with Crippen LogP contribution in [0, 0.1) is 6.92 Å². The van der Waals surface area contributed by atoms with Crippen molar-refractivity contribution < 1.29 is 0 Å². The minimum absolute atomic E-state index is 0.305. The van der Waals surface area contributed by atoms with Gasteiger partial charge in [0.1, 0.15) is 5.82 Å². The fraction of sp³-hybridized carbons (Fsp3) is 0.333. The molecule has 16 heavy (non-hydrogen) atoms. The first-order valence-electron chi connectivity index (χ1n) is 5.43. The standard InChI is InChI=1S/C12H12ClN3/c1-7-2-5-10-9(6-7)11(14-8-3-4-8)16-12(13)15-10/h2,5-6,8H,3-4H2,1H3,(H,14,15,16). The lowest BCUT2D eigenvalue weighted by molar-refractivity contribution is 1.10. The smallest absolute Gasteiger partial charge is 0.224 e. The number of hydrogen-bond donors (Lipinski definition) is 1. The van der Waals surface area contributed by atoms with Crippen LogP contribution in [0.4, 0.5) is 5.82 Å². The van der Waals surface area contributed by atoms with Crippen LogP contribution in [0.1, 0.15) is 18.4 Å². The van der Waals surface area contributed by atoms with Gasteiger partial charge in [-0.05, 0) is 43.5 Å². The van der Waals surface area contributed by atoms with Gasteiger partial charge >= 0.3 is 0 Å². The van der Waals surface area contributed by atoms with Crippen molar-refractivity contribution in [2.75, 3.05) is 5.32 Å². The van der Waals surface area contributed by atoms with E-state index in [1.807, 2.05) is 12.1 Å². The van der Waals surface area contributed by atoms with Crippen LogP contribution in [0.25, 0.3) is 10.9 Å². The highest BCUT2D eigenvalue weighted by atomic mass is 35.5. The molecule has 1 aromatic carbocycles. The van der Waals surface area contributed by atoms with Crippen molar-refractivity contribution >= 4 is 28.3 Å². The van der Waals surface area contributed by atoms with Crippen molar-refractivity contribution in [2.45, 2.75) is 25.8 Å². The summed E-state index contributed by atoms with van der Waals surface area (Å²) in [6, 6.07) is 6.67. The van der Waals surface area contributed by atoms with Gasteiger partial charge in [0.15, 0.2) is 0 Å². The number of nitrogens with one attached hydrogen (secondary N) is 1. The van der Waals surface area contributed by atoms with Gasteiger partial charge in [-0.2, -0.15) is 0 Å². The zero-order valence-electron chi connectivity index (χ0n) is 9.00. The van der Waals surface area contributed by atoms with Crippen LogP contribution in [0.5, 0.6) is 0 Å². The molecule has 1 aromatic heterocycles. The first kappa shape index (κ1) is 9.85. The first-order valence-corrected chi connectivity index (χ1v) is 5.80. The van der Waals surface area contributed by atoms with Crippen LogP contribution in [0.15, 0.2) is 18.2 Å². The van der Waals surface area contributed by atoms with Gasteiger partial charge in [0, 0.05) is 11.4 Å². The summed E-state index contributed by atoms with van der Waals surface area (Å²) in [7, 11) is 0. The maximum Gasteiger partial charge on any atom is 0.224 e. The Morgan fingerprint density at radius 2 is 2.12 bits per heavy atom. The van der Waals surface area contributed by atoms with Crippen LogP contribution in [0.2, 0.25) is 5.28 Å². The number of aryl methyl sites for hydroxylation is 1. The van der Waals surface area contributed by atoms with Gasteiger partial charge in [-0.1, -0.05) is 11.6 Å². The van der Waals surface area contributed by atoms with Gasteiger partial charge in [-0.15, -0.1) is 0 Å². The third kappa shape index (κ3) is 1.83. The van der Waals surface area contributed by atoms with E-state index in [0.29, 0.717) is 11.3 Å². The molecule has 1 aliphatic rings. The zero-order valence-corrected chi connectivity index (χ0v) is 9.75. The Morgan fingerprint density at radius 1 is 1.31 bits per heavy atom. The van der Waals surface area contributed by atoms with E-state index in [1.54, 1.807) is 0 Å². The third-order valence-corrected chi connectivity index (χ3v) is 2.91. The van der Waals surface area contributed by atoms with Gasteiger partial charge in [-0.3, -0.25) is 0 Å². The van der Waals surface area contributed by atoms with Crippen molar-refractivity contribution in [2.24, 2.45) is 0 Å². The molecule has 82 valence electrons. The van der Waals surface area contributed by atoms with Gasteiger partial charge in [0.05, 0.1) is 5.52 Å². The molecule has 0 aliphatic heterocycles. The van der Waals surface area contributed by atoms with Crippen LogP contribution in [-0.2, 0) is 0 Å². The quantitative estimate of drug-likeness (QED) is 0.810. The number of aromatic nitrogens is 2. The summed E-state index contributed by atoms with van der Waals surface area (Å²) in [6.45, 7) is 2.06. The fourth-order valence-corrected chi connectivity index (χ4v) is 1.92. The molecule has 2 aromatic rings. The third-order valence-electron chi connectivity index (χ3n) is 2.74. The highest BCUT2D eigenvalue weighted by Crippen LogP contribution is 2.29. The second-order valence-corrected chi connectivity index (χ2v) is 4.62. The van der Waals surface area contributed by atoms with Gasteiger partial charge in [-0.25, -0.2) is 9.97 Å². The van der Waals surface area contributed by atoms with E-state index in [2.05, 4.69) is 28.3 Å².